The number of aliphatic hydroxyl groups is 1. The van der Waals surface area contributed by atoms with Crippen LogP contribution in [0.25, 0.3) is 0 Å². The van der Waals surface area contributed by atoms with Gasteiger partial charge in [0.2, 0.25) is 5.91 Å². The van der Waals surface area contributed by atoms with E-state index in [1.165, 1.54) is 4.90 Å². The van der Waals surface area contributed by atoms with Crippen molar-refractivity contribution in [2.45, 2.75) is 19.3 Å². The molecule has 0 aliphatic carbocycles. The lowest BCUT2D eigenvalue weighted by Gasteiger charge is -2.15. The number of hydrogen-bond donors (Lipinski definition) is 2. The number of nitrogens with zero attached hydrogens (tertiary/aromatic N) is 1. The maximum absolute atomic E-state index is 12.0. The highest BCUT2D eigenvalue weighted by Crippen LogP contribution is 2.22. The van der Waals surface area contributed by atoms with Crippen molar-refractivity contribution in [3.8, 4) is 0 Å². The van der Waals surface area contributed by atoms with E-state index < -0.39 is 0 Å². The van der Waals surface area contributed by atoms with Gasteiger partial charge >= 0.3 is 0 Å². The number of aliphatic hydroxyl groups excluding tert-OH is 1. The lowest BCUT2D eigenvalue weighted by molar-refractivity contribution is -0.116. The minimum Gasteiger partial charge on any atom is -0.396 e. The van der Waals surface area contributed by atoms with Gasteiger partial charge in [0, 0.05) is 32.1 Å². The number of anilines is 1. The van der Waals surface area contributed by atoms with Gasteiger partial charge < -0.3 is 15.3 Å². The lowest BCUT2D eigenvalue weighted by Crippen LogP contribution is -2.24. The molecule has 1 aromatic rings. The molecule has 0 aromatic heterocycles. The standard InChI is InChI=1S/C14H19ClN2O3/c1-17(2)14(20)11-7-6-10(15)9-12(11)16-13(19)5-3-4-8-18/h6-7,9,18H,3-5,8H2,1-2H3,(H,16,19). The van der Waals surface area contributed by atoms with Gasteiger partial charge in [-0.3, -0.25) is 9.59 Å². The quantitative estimate of drug-likeness (QED) is 0.791. The van der Waals surface area contributed by atoms with Crippen molar-refractivity contribution >= 4 is 29.1 Å². The van der Waals surface area contributed by atoms with E-state index in [4.69, 9.17) is 16.7 Å². The van der Waals surface area contributed by atoms with Crippen LogP contribution in [0.4, 0.5) is 5.69 Å². The normalized spacial score (nSPS) is 10.2. The van der Waals surface area contributed by atoms with Crippen molar-refractivity contribution in [2.24, 2.45) is 0 Å². The van der Waals surface area contributed by atoms with Crippen molar-refractivity contribution in [1.82, 2.24) is 4.90 Å². The minimum absolute atomic E-state index is 0.0643. The van der Waals surface area contributed by atoms with E-state index in [9.17, 15) is 9.59 Å². The van der Waals surface area contributed by atoms with Crippen LogP contribution < -0.4 is 5.32 Å². The number of carbonyl (C=O) groups is 2. The van der Waals surface area contributed by atoms with Gasteiger partial charge in [0.15, 0.2) is 0 Å². The molecule has 110 valence electrons. The molecule has 0 spiro atoms. The van der Waals surface area contributed by atoms with Crippen LogP contribution in [-0.4, -0.2) is 42.5 Å². The molecule has 1 aromatic carbocycles. The summed E-state index contributed by atoms with van der Waals surface area (Å²) in [5, 5.41) is 11.8. The van der Waals surface area contributed by atoms with Gasteiger partial charge in [0.1, 0.15) is 0 Å². The van der Waals surface area contributed by atoms with Crippen molar-refractivity contribution in [1.29, 1.82) is 0 Å². The first-order valence-electron chi connectivity index (χ1n) is 6.37. The Morgan fingerprint density at radius 3 is 2.60 bits per heavy atom. The number of halogens is 1. The molecule has 0 bridgehead atoms. The summed E-state index contributed by atoms with van der Waals surface area (Å²) in [5.74, 6) is -0.402. The zero-order valence-corrected chi connectivity index (χ0v) is 12.4. The van der Waals surface area contributed by atoms with Crippen LogP contribution in [-0.2, 0) is 4.79 Å². The first-order chi connectivity index (χ1) is 9.45. The number of carbonyl (C=O) groups excluding carboxylic acids is 2. The number of rotatable bonds is 6. The molecule has 0 aliphatic heterocycles. The van der Waals surface area contributed by atoms with Gasteiger partial charge in [-0.15, -0.1) is 0 Å². The Balaban J connectivity index is 2.84. The average Bonchev–Trinajstić information content (AvgIpc) is 2.38. The van der Waals surface area contributed by atoms with Gasteiger partial charge in [-0.05, 0) is 31.0 Å². The highest BCUT2D eigenvalue weighted by molar-refractivity contribution is 6.31. The molecular weight excluding hydrogens is 280 g/mol. The SMILES string of the molecule is CN(C)C(=O)c1ccc(Cl)cc1NC(=O)CCCCO. The summed E-state index contributed by atoms with van der Waals surface area (Å²) in [6.45, 7) is 0.0643. The fourth-order valence-electron chi connectivity index (χ4n) is 1.66. The summed E-state index contributed by atoms with van der Waals surface area (Å²) in [6.07, 6.45) is 1.47. The van der Waals surface area contributed by atoms with Crippen molar-refractivity contribution in [3.05, 3.63) is 28.8 Å². The Kier molecular flexibility index (Phi) is 6.48. The van der Waals surface area contributed by atoms with Crippen LogP contribution in [0, 0.1) is 0 Å². The number of amides is 2. The topological polar surface area (TPSA) is 69.6 Å². The molecular formula is C14H19ClN2O3. The largest absolute Gasteiger partial charge is 0.396 e. The van der Waals surface area contributed by atoms with E-state index >= 15 is 0 Å². The third-order valence-electron chi connectivity index (χ3n) is 2.70. The molecule has 0 saturated heterocycles. The first-order valence-corrected chi connectivity index (χ1v) is 6.75. The third kappa shape index (κ3) is 4.83. The molecule has 0 atom stereocenters. The monoisotopic (exact) mass is 298 g/mol. The highest BCUT2D eigenvalue weighted by atomic mass is 35.5. The molecule has 0 radical (unpaired) electrons. The van der Waals surface area contributed by atoms with E-state index in [0.717, 1.165) is 0 Å². The van der Waals surface area contributed by atoms with Crippen molar-refractivity contribution < 1.29 is 14.7 Å². The van der Waals surface area contributed by atoms with E-state index in [1.54, 1.807) is 32.3 Å². The Hall–Kier alpha value is -1.59. The van der Waals surface area contributed by atoms with Gasteiger partial charge in [0.05, 0.1) is 11.3 Å². The average molecular weight is 299 g/mol. The molecule has 2 N–H and O–H groups in total. The smallest absolute Gasteiger partial charge is 0.255 e. The second-order valence-corrected chi connectivity index (χ2v) is 5.05. The summed E-state index contributed by atoms with van der Waals surface area (Å²) in [7, 11) is 3.29. The van der Waals surface area contributed by atoms with Crippen LogP contribution >= 0.6 is 11.6 Å². The number of hydrogen-bond acceptors (Lipinski definition) is 3. The van der Waals surface area contributed by atoms with Gasteiger partial charge in [-0.2, -0.15) is 0 Å². The number of benzene rings is 1. The van der Waals surface area contributed by atoms with Crippen LogP contribution in [0.3, 0.4) is 0 Å². The lowest BCUT2D eigenvalue weighted by atomic mass is 10.1. The predicted octanol–water partition coefficient (Wildman–Crippen LogP) is 2.14. The predicted molar refractivity (Wildman–Crippen MR) is 79.0 cm³/mol. The maximum Gasteiger partial charge on any atom is 0.255 e. The first kappa shape index (κ1) is 16.5. The maximum atomic E-state index is 12.0. The van der Waals surface area contributed by atoms with Crippen LogP contribution in [0.2, 0.25) is 5.02 Å². The summed E-state index contributed by atoms with van der Waals surface area (Å²) < 4.78 is 0. The highest BCUT2D eigenvalue weighted by Gasteiger charge is 2.15. The zero-order valence-electron chi connectivity index (χ0n) is 11.6. The minimum atomic E-state index is -0.202. The number of nitrogens with one attached hydrogen (secondary N) is 1. The van der Waals surface area contributed by atoms with Gasteiger partial charge in [-0.1, -0.05) is 11.6 Å². The summed E-state index contributed by atoms with van der Waals surface area (Å²) >= 11 is 5.90. The van der Waals surface area contributed by atoms with Crippen LogP contribution in [0.15, 0.2) is 18.2 Å². The third-order valence-corrected chi connectivity index (χ3v) is 2.94. The molecule has 20 heavy (non-hydrogen) atoms. The van der Waals surface area contributed by atoms with E-state index in [0.29, 0.717) is 35.5 Å². The molecule has 5 nitrogen and oxygen atoms in total. The van der Waals surface area contributed by atoms with Gasteiger partial charge in [0.25, 0.3) is 5.91 Å². The summed E-state index contributed by atoms with van der Waals surface area (Å²) in [4.78, 5) is 25.2. The van der Waals surface area contributed by atoms with Gasteiger partial charge in [-0.25, -0.2) is 0 Å². The Labute approximate surface area is 123 Å². The zero-order chi connectivity index (χ0) is 15.1. The fraction of sp³-hybridized carbons (Fsp3) is 0.429. The summed E-state index contributed by atoms with van der Waals surface area (Å²) in [5.41, 5.74) is 0.806. The van der Waals surface area contributed by atoms with E-state index in [-0.39, 0.29) is 18.4 Å². The molecule has 0 unspecified atom stereocenters. The van der Waals surface area contributed by atoms with Crippen molar-refractivity contribution in [3.63, 3.8) is 0 Å². The molecule has 0 heterocycles. The molecule has 0 fully saturated rings. The second-order valence-electron chi connectivity index (χ2n) is 4.62. The Morgan fingerprint density at radius 2 is 2.00 bits per heavy atom. The van der Waals surface area contributed by atoms with Crippen LogP contribution in [0.1, 0.15) is 29.6 Å². The van der Waals surface area contributed by atoms with Crippen LogP contribution in [0.5, 0.6) is 0 Å². The second kappa shape index (κ2) is 7.87. The van der Waals surface area contributed by atoms with E-state index in [2.05, 4.69) is 5.32 Å². The molecule has 0 saturated carbocycles. The van der Waals surface area contributed by atoms with E-state index in [1.807, 2.05) is 0 Å². The Morgan fingerprint density at radius 1 is 1.30 bits per heavy atom. The molecule has 1 rings (SSSR count). The fourth-order valence-corrected chi connectivity index (χ4v) is 1.83. The molecule has 0 aliphatic rings. The number of unbranched alkanes of at least 4 members (excludes halogenated alkanes) is 1. The summed E-state index contributed by atoms with van der Waals surface area (Å²) in [6, 6.07) is 4.76. The van der Waals surface area contributed by atoms with Crippen molar-refractivity contribution in [2.75, 3.05) is 26.0 Å². The Bertz CT molecular complexity index is 489. The molecule has 2 amide bonds. The molecule has 6 heteroatoms.